The lowest BCUT2D eigenvalue weighted by molar-refractivity contribution is -0.131. The molecule has 0 bridgehead atoms. The van der Waals surface area contributed by atoms with Crippen molar-refractivity contribution in [3.05, 3.63) is 199 Å². The molecule has 1 unspecified atom stereocenters. The number of anilines is 2. The highest BCUT2D eigenvalue weighted by Crippen LogP contribution is 2.64. The van der Waals surface area contributed by atoms with Gasteiger partial charge in [-0.15, -0.1) is 0 Å². The van der Waals surface area contributed by atoms with Gasteiger partial charge in [0.25, 0.3) is 0 Å². The minimum atomic E-state index is -1.50. The van der Waals surface area contributed by atoms with Crippen molar-refractivity contribution in [1.29, 1.82) is 0 Å². The Morgan fingerprint density at radius 2 is 1.15 bits per heavy atom. The number of rotatable bonds is 13. The number of carbonyl (C=O) groups is 4. The van der Waals surface area contributed by atoms with Crippen molar-refractivity contribution in [1.82, 2.24) is 15.5 Å². The lowest BCUT2D eigenvalue weighted by atomic mass is 9.61. The first-order valence-corrected chi connectivity index (χ1v) is 32.3. The predicted octanol–water partition coefficient (Wildman–Crippen LogP) is 15.4. The van der Waals surface area contributed by atoms with Crippen molar-refractivity contribution >= 4 is 81.3 Å². The molecule has 6 aromatic rings. The van der Waals surface area contributed by atoms with Gasteiger partial charge in [-0.05, 0) is 137 Å². The molecule has 6 aliphatic rings. The topological polar surface area (TPSA) is 160 Å². The fourth-order valence-electron chi connectivity index (χ4n) is 16.3. The summed E-state index contributed by atoms with van der Waals surface area (Å²) in [6.07, 6.45) is 2.77. The van der Waals surface area contributed by atoms with Crippen LogP contribution in [0.2, 0.25) is 20.1 Å². The van der Waals surface area contributed by atoms with Crippen LogP contribution in [-0.2, 0) is 30.0 Å². The molecule has 11 nitrogen and oxygen atoms in total. The zero-order valence-electron chi connectivity index (χ0n) is 51.7. The number of aliphatic hydroxyl groups excluding tert-OH is 1. The fraction of sp³-hybridized carbons (Fsp3) is 0.444. The van der Waals surface area contributed by atoms with E-state index >= 15 is 18.4 Å². The largest absolute Gasteiger partial charge is 0.390 e. The lowest BCUT2D eigenvalue weighted by Gasteiger charge is -2.45. The maximum Gasteiger partial charge on any atom is 0.238 e. The lowest BCUT2D eigenvalue weighted by Crippen LogP contribution is -2.56. The second kappa shape index (κ2) is 24.1. The molecule has 6 aromatic carbocycles. The van der Waals surface area contributed by atoms with Crippen LogP contribution in [0.4, 0.5) is 20.2 Å². The molecule has 2 aliphatic carbocycles. The van der Waals surface area contributed by atoms with E-state index in [0.717, 1.165) is 18.4 Å². The van der Waals surface area contributed by atoms with Crippen molar-refractivity contribution in [2.24, 2.45) is 22.2 Å². The fourth-order valence-corrected chi connectivity index (χ4v) is 17.0. The van der Waals surface area contributed by atoms with Crippen molar-refractivity contribution in [2.45, 2.75) is 178 Å². The van der Waals surface area contributed by atoms with Gasteiger partial charge in [-0.2, -0.15) is 0 Å². The first-order valence-electron chi connectivity index (χ1n) is 30.8. The molecule has 2 spiro atoms. The molecule has 470 valence electrons. The van der Waals surface area contributed by atoms with Crippen LogP contribution in [0.1, 0.15) is 165 Å². The average molecular weight is 1290 g/mol. The van der Waals surface area contributed by atoms with Gasteiger partial charge in [0.05, 0.1) is 39.9 Å². The van der Waals surface area contributed by atoms with E-state index in [-0.39, 0.29) is 79.3 Å². The molecule has 12 rings (SSSR count). The monoisotopic (exact) mass is 1290 g/mol. The summed E-state index contributed by atoms with van der Waals surface area (Å²) in [5, 5.41) is 36.5. The summed E-state index contributed by atoms with van der Waals surface area (Å²) in [6.45, 7) is 18.6. The van der Waals surface area contributed by atoms with Crippen molar-refractivity contribution < 1.29 is 38.2 Å². The first-order chi connectivity index (χ1) is 41.8. The van der Waals surface area contributed by atoms with E-state index in [2.05, 4.69) is 76.7 Å². The summed E-state index contributed by atoms with van der Waals surface area (Å²) in [4.78, 5) is 60.6. The van der Waals surface area contributed by atoms with Crippen LogP contribution in [0, 0.1) is 33.8 Å². The van der Waals surface area contributed by atoms with Gasteiger partial charge in [-0.1, -0.05) is 199 Å². The van der Waals surface area contributed by atoms with Crippen molar-refractivity contribution in [2.75, 3.05) is 10.6 Å². The Morgan fingerprint density at radius 3 is 1.65 bits per heavy atom. The zero-order valence-corrected chi connectivity index (χ0v) is 54.7. The third-order valence-electron chi connectivity index (χ3n) is 19.5. The normalized spacial score (nSPS) is 28.4. The molecule has 17 heteroatoms. The number of nitrogens with one attached hydrogen (secondary N) is 4. The number of aliphatic hydroxyl groups is 2. The third kappa shape index (κ3) is 12.0. The van der Waals surface area contributed by atoms with E-state index in [1.54, 1.807) is 55.5 Å². The number of nitrogens with zero attached hydrogens (tertiary/aromatic N) is 1. The minimum Gasteiger partial charge on any atom is -0.390 e. The molecule has 2 saturated heterocycles. The molecule has 10 atom stereocenters. The molecule has 4 aliphatic heterocycles. The number of fused-ring (bicyclic) bond motifs is 4. The first kappa shape index (κ1) is 64.8. The second-order valence-corrected chi connectivity index (χ2v) is 31.0. The molecular formula is C72H79Cl4F2N5O6. The van der Waals surface area contributed by atoms with Gasteiger partial charge in [0.15, 0.2) is 5.78 Å². The Hall–Kier alpha value is -5.74. The maximum atomic E-state index is 16.8. The number of amides is 3. The number of halogens is 6. The SMILES string of the molecule is CC(C)(C)C[C@H]1N([C@H](c2ccccc2)C(O)c2ccccc2)[C@@H](C(=O)NC2CC(C)(C)C2)[C@H](c2cccc(Cl)c2F)[C@@]12C(=O)Nc1cc(Cl)ccc12.CC(C)(C)C[C@H]1N[C@@H](C(=O)CC2CC(C)(O)C2)[C@H](c2cccc(Cl)c2F)[C@@]12C(=O)Nc1cc(Cl)ccc12. The molecule has 89 heavy (non-hydrogen) atoms. The number of likely N-dealkylation sites (tertiary alicyclic amines) is 1. The van der Waals surface area contributed by atoms with Gasteiger partial charge in [-0.25, -0.2) is 8.78 Å². The van der Waals surface area contributed by atoms with Crippen LogP contribution < -0.4 is 21.3 Å². The number of carbonyl (C=O) groups excluding carboxylic acids is 4. The number of hydrogen-bond acceptors (Lipinski definition) is 8. The van der Waals surface area contributed by atoms with Gasteiger partial charge in [0.2, 0.25) is 17.7 Å². The van der Waals surface area contributed by atoms with Gasteiger partial charge in [-0.3, -0.25) is 24.1 Å². The summed E-state index contributed by atoms with van der Waals surface area (Å²) in [6, 6.07) is 35.1. The van der Waals surface area contributed by atoms with Crippen LogP contribution in [0.15, 0.2) is 133 Å². The van der Waals surface area contributed by atoms with Gasteiger partial charge >= 0.3 is 0 Å². The highest BCUT2D eigenvalue weighted by Gasteiger charge is 2.71. The Bertz CT molecular complexity index is 3710. The van der Waals surface area contributed by atoms with E-state index < -0.39 is 76.2 Å². The van der Waals surface area contributed by atoms with Crippen molar-refractivity contribution in [3.63, 3.8) is 0 Å². The molecule has 6 N–H and O–H groups in total. The number of ketones is 1. The van der Waals surface area contributed by atoms with E-state index in [0.29, 0.717) is 63.8 Å². The average Bonchev–Trinajstić information content (AvgIpc) is 1.54. The number of benzene rings is 6. The summed E-state index contributed by atoms with van der Waals surface area (Å²) < 4.78 is 32.5. The molecule has 4 fully saturated rings. The molecular weight excluding hydrogens is 1210 g/mol. The summed E-state index contributed by atoms with van der Waals surface area (Å²) in [5.41, 5.74) is 0.252. The summed E-state index contributed by atoms with van der Waals surface area (Å²) in [7, 11) is 0. The van der Waals surface area contributed by atoms with Crippen LogP contribution >= 0.6 is 46.4 Å². The molecule has 4 heterocycles. The van der Waals surface area contributed by atoms with Gasteiger partial charge < -0.3 is 31.5 Å². The Labute approximate surface area is 541 Å². The van der Waals surface area contributed by atoms with E-state index in [1.165, 1.54) is 12.1 Å². The molecule has 3 amide bonds. The molecule has 2 saturated carbocycles. The Kier molecular flexibility index (Phi) is 17.5. The van der Waals surface area contributed by atoms with Crippen LogP contribution in [0.5, 0.6) is 0 Å². The van der Waals surface area contributed by atoms with Crippen LogP contribution in [-0.4, -0.2) is 74.4 Å². The quantitative estimate of drug-likeness (QED) is 0.0667. The standard InChI is InChI=1S/C43H46Cl2FN3O3.C29H33Cl2FN2O3/c1-41(2,3)24-33-43(30-20-19-27(44)21-32(30)48-40(43)52)34(29-17-12-18-31(45)35(29)46)37(39(51)47-28-22-42(4,5)23-28)49(33)36(25-13-8-6-9-14-25)38(50)26-15-10-7-11-16-26;1-27(2,3)14-22-29(18-9-8-16(30)11-20(18)33-26(29)36)23(17-6-5-7-19(31)24(17)32)25(34-22)21(35)10-15-12-28(4,37)13-15/h6-21,28,33-34,36-38,50H,22-24H2,1-5H3,(H,47,51)(H,48,52);5-9,11,15,22-23,25,34,37H,10,12-14H2,1-4H3,(H,33,36)/t33-,34+,36-,37-,38?,43+;15?,22-,23+,25+,28?,29+/m11/s1. The Morgan fingerprint density at radius 1 is 0.652 bits per heavy atom. The highest BCUT2D eigenvalue weighted by atomic mass is 35.5. The number of hydrogen-bond donors (Lipinski definition) is 6. The minimum absolute atomic E-state index is 0.0512. The molecule has 0 aromatic heterocycles. The van der Waals surface area contributed by atoms with E-state index in [4.69, 9.17) is 46.4 Å². The summed E-state index contributed by atoms with van der Waals surface area (Å²) >= 11 is 25.6. The van der Waals surface area contributed by atoms with Crippen molar-refractivity contribution in [3.8, 4) is 0 Å². The maximum absolute atomic E-state index is 16.8. The van der Waals surface area contributed by atoms with Crippen LogP contribution in [0.25, 0.3) is 0 Å². The zero-order chi connectivity index (χ0) is 64.1. The Balaban J connectivity index is 0.000000194. The predicted molar refractivity (Wildman–Crippen MR) is 349 cm³/mol. The van der Waals surface area contributed by atoms with Gasteiger partial charge in [0.1, 0.15) is 22.5 Å². The number of Topliss-reactive ketones (excluding diaryl/α,β-unsaturated/α-hetero) is 1. The summed E-state index contributed by atoms with van der Waals surface area (Å²) in [5.74, 6) is -4.17. The van der Waals surface area contributed by atoms with E-state index in [9.17, 15) is 19.8 Å². The smallest absolute Gasteiger partial charge is 0.238 e. The van der Waals surface area contributed by atoms with Crippen LogP contribution in [0.3, 0.4) is 0 Å². The van der Waals surface area contributed by atoms with E-state index in [1.807, 2.05) is 77.7 Å². The second-order valence-electron chi connectivity index (χ2n) is 29.3. The molecule has 0 radical (unpaired) electrons. The highest BCUT2D eigenvalue weighted by molar-refractivity contribution is 6.32. The van der Waals surface area contributed by atoms with Gasteiger partial charge in [0, 0.05) is 57.8 Å². The third-order valence-corrected chi connectivity index (χ3v) is 20.6.